The van der Waals surface area contributed by atoms with Crippen LogP contribution in [-0.4, -0.2) is 15.8 Å². The summed E-state index contributed by atoms with van der Waals surface area (Å²) in [6, 6.07) is 15.0. The van der Waals surface area contributed by atoms with Crippen molar-refractivity contribution in [2.24, 2.45) is 0 Å². The maximum atomic E-state index is 12.4. The maximum Gasteiger partial charge on any atom is 0.193 e. The Balaban J connectivity index is 1.92. The molecule has 0 aliphatic heterocycles. The van der Waals surface area contributed by atoms with Gasteiger partial charge >= 0.3 is 0 Å². The predicted octanol–water partition coefficient (Wildman–Crippen LogP) is 4.14. The first-order valence-corrected chi connectivity index (χ1v) is 7.36. The summed E-state index contributed by atoms with van der Waals surface area (Å²) in [5.41, 5.74) is 3.26. The lowest BCUT2D eigenvalue weighted by Gasteiger charge is -2.00. The first-order chi connectivity index (χ1) is 10.3. The summed E-state index contributed by atoms with van der Waals surface area (Å²) in [6.07, 6.45) is 3.22. The highest BCUT2D eigenvalue weighted by atomic mass is 16.1. The average molecular weight is 278 g/mol. The zero-order chi connectivity index (χ0) is 14.7. The summed E-state index contributed by atoms with van der Waals surface area (Å²) in [7, 11) is 0. The number of aromatic amines is 1. The third-order valence-corrected chi connectivity index (χ3v) is 3.60. The Morgan fingerprint density at radius 1 is 1.10 bits per heavy atom. The molecule has 3 rings (SSSR count). The van der Waals surface area contributed by atoms with Crippen molar-refractivity contribution in [1.82, 2.24) is 9.97 Å². The maximum absolute atomic E-state index is 12.4. The quantitative estimate of drug-likeness (QED) is 0.713. The van der Waals surface area contributed by atoms with Crippen LogP contribution >= 0.6 is 0 Å². The van der Waals surface area contributed by atoms with Crippen LogP contribution in [0.15, 0.2) is 48.5 Å². The summed E-state index contributed by atoms with van der Waals surface area (Å²) in [5, 5.41) is 0. The first-order valence-electron chi connectivity index (χ1n) is 7.36. The van der Waals surface area contributed by atoms with Crippen molar-refractivity contribution >= 4 is 16.8 Å². The number of unbranched alkanes of at least 4 members (excludes halogenated alkanes) is 1. The van der Waals surface area contributed by atoms with Crippen molar-refractivity contribution in [1.29, 1.82) is 0 Å². The minimum atomic E-state index is 0.0437. The summed E-state index contributed by atoms with van der Waals surface area (Å²) >= 11 is 0. The average Bonchev–Trinajstić information content (AvgIpc) is 2.95. The fourth-order valence-electron chi connectivity index (χ4n) is 2.42. The molecular weight excluding hydrogens is 260 g/mol. The van der Waals surface area contributed by atoms with Crippen molar-refractivity contribution in [3.8, 4) is 0 Å². The standard InChI is InChI=1S/C18H18N2O/c1-2-3-9-17-19-15-11-10-14(12-16(15)20-17)18(21)13-7-5-4-6-8-13/h4-8,10-12H,2-3,9H2,1H3,(H,19,20). The third-order valence-electron chi connectivity index (χ3n) is 3.60. The van der Waals surface area contributed by atoms with Gasteiger partial charge in [-0.3, -0.25) is 4.79 Å². The molecule has 0 saturated carbocycles. The van der Waals surface area contributed by atoms with Gasteiger partial charge in [0.2, 0.25) is 0 Å². The third kappa shape index (κ3) is 2.87. The van der Waals surface area contributed by atoms with E-state index < -0.39 is 0 Å². The largest absolute Gasteiger partial charge is 0.342 e. The van der Waals surface area contributed by atoms with Crippen LogP contribution in [0.25, 0.3) is 11.0 Å². The fourth-order valence-corrected chi connectivity index (χ4v) is 2.42. The van der Waals surface area contributed by atoms with Crippen molar-refractivity contribution in [2.75, 3.05) is 0 Å². The van der Waals surface area contributed by atoms with Gasteiger partial charge in [-0.05, 0) is 24.6 Å². The van der Waals surface area contributed by atoms with Crippen molar-refractivity contribution in [3.63, 3.8) is 0 Å². The van der Waals surface area contributed by atoms with Crippen LogP contribution in [0.2, 0.25) is 0 Å². The molecule has 0 spiro atoms. The normalized spacial score (nSPS) is 10.9. The van der Waals surface area contributed by atoms with Crippen molar-refractivity contribution in [3.05, 3.63) is 65.5 Å². The summed E-state index contributed by atoms with van der Waals surface area (Å²) < 4.78 is 0. The number of carbonyl (C=O) groups is 1. The number of carbonyl (C=O) groups excluding carboxylic acids is 1. The molecule has 0 aliphatic rings. The Morgan fingerprint density at radius 3 is 2.67 bits per heavy atom. The van der Waals surface area contributed by atoms with Gasteiger partial charge < -0.3 is 4.98 Å². The lowest BCUT2D eigenvalue weighted by molar-refractivity contribution is 0.103. The number of hydrogen-bond acceptors (Lipinski definition) is 2. The Bertz CT molecular complexity index is 759. The first kappa shape index (κ1) is 13.6. The van der Waals surface area contributed by atoms with Crippen molar-refractivity contribution < 1.29 is 4.79 Å². The van der Waals surface area contributed by atoms with Crippen LogP contribution in [0, 0.1) is 0 Å². The molecule has 0 amide bonds. The summed E-state index contributed by atoms with van der Waals surface area (Å²) in [6.45, 7) is 2.17. The van der Waals surface area contributed by atoms with Crippen LogP contribution in [0.1, 0.15) is 41.5 Å². The van der Waals surface area contributed by atoms with E-state index in [-0.39, 0.29) is 5.78 Å². The van der Waals surface area contributed by atoms with Crippen LogP contribution in [0.5, 0.6) is 0 Å². The van der Waals surface area contributed by atoms with E-state index in [0.29, 0.717) is 11.1 Å². The van der Waals surface area contributed by atoms with E-state index in [2.05, 4.69) is 16.9 Å². The number of aryl methyl sites for hydroxylation is 1. The van der Waals surface area contributed by atoms with E-state index in [1.807, 2.05) is 48.5 Å². The molecule has 0 bridgehead atoms. The Morgan fingerprint density at radius 2 is 1.90 bits per heavy atom. The molecular formula is C18H18N2O. The van der Waals surface area contributed by atoms with E-state index in [1.54, 1.807) is 0 Å². The zero-order valence-electron chi connectivity index (χ0n) is 12.1. The molecule has 1 N–H and O–H groups in total. The monoisotopic (exact) mass is 278 g/mol. The van der Waals surface area contributed by atoms with Crippen molar-refractivity contribution in [2.45, 2.75) is 26.2 Å². The second kappa shape index (κ2) is 5.92. The summed E-state index contributed by atoms with van der Waals surface area (Å²) in [5.74, 6) is 1.04. The lowest BCUT2D eigenvalue weighted by atomic mass is 10.0. The number of ketones is 1. The highest BCUT2D eigenvalue weighted by Gasteiger charge is 2.10. The number of H-pyrrole nitrogens is 1. The highest BCUT2D eigenvalue weighted by Crippen LogP contribution is 2.17. The van der Waals surface area contributed by atoms with E-state index >= 15 is 0 Å². The fraction of sp³-hybridized carbons (Fsp3) is 0.222. The molecule has 0 aliphatic carbocycles. The molecule has 0 radical (unpaired) electrons. The second-order valence-corrected chi connectivity index (χ2v) is 5.21. The number of rotatable bonds is 5. The number of benzene rings is 2. The Labute approximate surface area is 124 Å². The topological polar surface area (TPSA) is 45.8 Å². The van der Waals surface area contributed by atoms with Gasteiger partial charge in [-0.1, -0.05) is 43.7 Å². The molecule has 0 atom stereocenters. The number of nitrogens with one attached hydrogen (secondary N) is 1. The summed E-state index contributed by atoms with van der Waals surface area (Å²) in [4.78, 5) is 20.3. The van der Waals surface area contributed by atoms with E-state index in [9.17, 15) is 4.79 Å². The van der Waals surface area contributed by atoms with E-state index in [1.165, 1.54) is 0 Å². The van der Waals surface area contributed by atoms with Gasteiger partial charge in [0.15, 0.2) is 5.78 Å². The van der Waals surface area contributed by atoms with Crippen LogP contribution in [0.4, 0.5) is 0 Å². The minimum absolute atomic E-state index is 0.0437. The van der Waals surface area contributed by atoms with Crippen LogP contribution in [0.3, 0.4) is 0 Å². The Hall–Kier alpha value is -2.42. The molecule has 0 unspecified atom stereocenters. The molecule has 0 saturated heterocycles. The smallest absolute Gasteiger partial charge is 0.193 e. The van der Waals surface area contributed by atoms with Crippen LogP contribution < -0.4 is 0 Å². The molecule has 3 nitrogen and oxygen atoms in total. The molecule has 3 aromatic rings. The zero-order valence-corrected chi connectivity index (χ0v) is 12.1. The number of hydrogen-bond donors (Lipinski definition) is 1. The lowest BCUT2D eigenvalue weighted by Crippen LogP contribution is -2.00. The number of aromatic nitrogens is 2. The molecule has 1 aromatic heterocycles. The predicted molar refractivity (Wildman–Crippen MR) is 84.6 cm³/mol. The number of fused-ring (bicyclic) bond motifs is 1. The van der Waals surface area contributed by atoms with Gasteiger partial charge in [-0.25, -0.2) is 4.98 Å². The molecule has 3 heteroatoms. The van der Waals surface area contributed by atoms with Gasteiger partial charge in [-0.2, -0.15) is 0 Å². The van der Waals surface area contributed by atoms with Gasteiger partial charge in [0.1, 0.15) is 5.82 Å². The van der Waals surface area contributed by atoms with E-state index in [0.717, 1.165) is 36.1 Å². The van der Waals surface area contributed by atoms with Gasteiger partial charge in [0, 0.05) is 17.5 Å². The minimum Gasteiger partial charge on any atom is -0.342 e. The second-order valence-electron chi connectivity index (χ2n) is 5.21. The van der Waals surface area contributed by atoms with Crippen LogP contribution in [-0.2, 0) is 6.42 Å². The number of nitrogens with zero attached hydrogens (tertiary/aromatic N) is 1. The Kier molecular flexibility index (Phi) is 3.82. The van der Waals surface area contributed by atoms with E-state index in [4.69, 9.17) is 0 Å². The van der Waals surface area contributed by atoms with Gasteiger partial charge in [0.05, 0.1) is 11.0 Å². The van der Waals surface area contributed by atoms with Gasteiger partial charge in [-0.15, -0.1) is 0 Å². The molecule has 106 valence electrons. The molecule has 0 fully saturated rings. The molecule has 21 heavy (non-hydrogen) atoms. The van der Waals surface area contributed by atoms with Gasteiger partial charge in [0.25, 0.3) is 0 Å². The SMILES string of the molecule is CCCCc1nc2ccc(C(=O)c3ccccc3)cc2[nH]1. The molecule has 2 aromatic carbocycles. The number of imidazole rings is 1. The highest BCUT2D eigenvalue weighted by molar-refractivity contribution is 6.10. The molecule has 1 heterocycles.